The van der Waals surface area contributed by atoms with E-state index >= 15 is 0 Å². The van der Waals surface area contributed by atoms with E-state index in [-0.39, 0.29) is 0 Å². The van der Waals surface area contributed by atoms with Crippen LogP contribution >= 0.6 is 0 Å². The molecule has 5 aromatic rings. The smallest absolute Gasteiger partial charge is 0.186 e. The first-order valence-electron chi connectivity index (χ1n) is 13.7. The van der Waals surface area contributed by atoms with Gasteiger partial charge in [0.1, 0.15) is 6.17 Å². The van der Waals surface area contributed by atoms with Gasteiger partial charge in [-0.05, 0) is 45.4 Å². The molecule has 1 atom stereocenters. The van der Waals surface area contributed by atoms with Crippen molar-refractivity contribution in [1.82, 2.24) is 4.90 Å². The zero-order valence-corrected chi connectivity index (χ0v) is 22.9. The lowest BCUT2D eigenvalue weighted by Gasteiger charge is -2.46. The average molecular weight is 520 g/mol. The molecule has 0 saturated heterocycles. The van der Waals surface area contributed by atoms with E-state index in [1.807, 2.05) is 0 Å². The van der Waals surface area contributed by atoms with E-state index < -0.39 is 8.07 Å². The average Bonchev–Trinajstić information content (AvgIpc) is 3.56. The van der Waals surface area contributed by atoms with Crippen LogP contribution in [0.25, 0.3) is 0 Å². The number of fused-ring (bicyclic) bond motifs is 6. The third-order valence-electron chi connectivity index (χ3n) is 8.75. The Kier molecular flexibility index (Phi) is 4.88. The van der Waals surface area contributed by atoms with Crippen molar-refractivity contribution >= 4 is 51.6 Å². The van der Waals surface area contributed by atoms with Gasteiger partial charge in [0.05, 0.1) is 0 Å². The van der Waals surface area contributed by atoms with E-state index in [0.717, 1.165) is 6.42 Å². The van der Waals surface area contributed by atoms with Crippen molar-refractivity contribution in [1.29, 1.82) is 0 Å². The normalized spacial score (nSPS) is 18.0. The molecule has 5 aromatic carbocycles. The molecule has 3 nitrogen and oxygen atoms in total. The number of likely N-dealkylation sites (N-methyl/N-ethyl adjacent to an activating group) is 1. The molecule has 0 spiro atoms. The third-order valence-corrected chi connectivity index (χ3v) is 13.6. The van der Waals surface area contributed by atoms with E-state index in [4.69, 9.17) is 0 Å². The summed E-state index contributed by atoms with van der Waals surface area (Å²) in [6.07, 6.45) is 5.87. The fourth-order valence-corrected chi connectivity index (χ4v) is 12.5. The monoisotopic (exact) mass is 519 g/mol. The standard InChI is InChI=1S/C35H29N3Si/c1-36-23-24-37-33(36)25-26-21-22-31-35(34(26)37)39(28-15-7-3-8-16-28,29-17-9-4-10-18-29)32-20-12-11-19-30(32)38(31)27-13-5-2-6-14-27/h2-24,33H,25H2,1H3. The Morgan fingerprint density at radius 2 is 1.23 bits per heavy atom. The van der Waals surface area contributed by atoms with Crippen LogP contribution in [0, 0.1) is 0 Å². The van der Waals surface area contributed by atoms with Gasteiger partial charge in [-0.1, -0.05) is 103 Å². The van der Waals surface area contributed by atoms with Gasteiger partial charge in [-0.25, -0.2) is 0 Å². The fraction of sp³-hybridized carbons (Fsp3) is 0.0857. The SMILES string of the molecule is CN1C=CN2c3c(ccc4c3[Si](c3ccccc3)(c3ccccc3)c3ccccc3N4c3ccccc3)CC12. The lowest BCUT2D eigenvalue weighted by atomic mass is 10.1. The van der Waals surface area contributed by atoms with Crippen LogP contribution in [0.3, 0.4) is 0 Å². The molecular weight excluding hydrogens is 490 g/mol. The Morgan fingerprint density at radius 3 is 1.92 bits per heavy atom. The quantitative estimate of drug-likeness (QED) is 0.306. The van der Waals surface area contributed by atoms with Gasteiger partial charge in [0, 0.05) is 53.8 Å². The topological polar surface area (TPSA) is 9.72 Å². The van der Waals surface area contributed by atoms with Gasteiger partial charge >= 0.3 is 0 Å². The number of hydrogen-bond donors (Lipinski definition) is 0. The molecule has 1 unspecified atom stereocenters. The number of anilines is 4. The van der Waals surface area contributed by atoms with Crippen molar-refractivity contribution in [3.8, 4) is 0 Å². The van der Waals surface area contributed by atoms with Crippen molar-refractivity contribution in [3.63, 3.8) is 0 Å². The van der Waals surface area contributed by atoms with Crippen LogP contribution in [0.5, 0.6) is 0 Å². The summed E-state index contributed by atoms with van der Waals surface area (Å²) in [7, 11) is -0.527. The molecule has 0 bridgehead atoms. The molecule has 0 amide bonds. The van der Waals surface area contributed by atoms with Crippen LogP contribution in [-0.4, -0.2) is 26.2 Å². The number of hydrogen-bond acceptors (Lipinski definition) is 3. The molecule has 8 rings (SSSR count). The summed E-state index contributed by atoms with van der Waals surface area (Å²) in [5.41, 5.74) is 6.60. The second-order valence-electron chi connectivity index (χ2n) is 10.7. The summed E-state index contributed by atoms with van der Waals surface area (Å²) in [5, 5.41) is 5.77. The molecule has 188 valence electrons. The Balaban J connectivity index is 1.57. The van der Waals surface area contributed by atoms with Crippen molar-refractivity contribution in [2.75, 3.05) is 16.8 Å². The lowest BCUT2D eigenvalue weighted by molar-refractivity contribution is 0.369. The molecule has 3 heterocycles. The van der Waals surface area contributed by atoms with Crippen LogP contribution < -0.4 is 30.5 Å². The van der Waals surface area contributed by atoms with Crippen LogP contribution in [0.15, 0.2) is 140 Å². The summed E-state index contributed by atoms with van der Waals surface area (Å²) in [6.45, 7) is 0. The molecule has 3 aliphatic heterocycles. The Bertz CT molecular complexity index is 1680. The van der Waals surface area contributed by atoms with Crippen molar-refractivity contribution in [2.45, 2.75) is 12.6 Å². The van der Waals surface area contributed by atoms with Crippen molar-refractivity contribution < 1.29 is 0 Å². The number of nitrogens with zero attached hydrogens (tertiary/aromatic N) is 3. The maximum absolute atomic E-state index is 2.73. The predicted octanol–water partition coefficient (Wildman–Crippen LogP) is 4.95. The highest BCUT2D eigenvalue weighted by Crippen LogP contribution is 2.45. The molecule has 4 heteroatoms. The number of para-hydroxylation sites is 2. The zero-order valence-electron chi connectivity index (χ0n) is 21.9. The van der Waals surface area contributed by atoms with Gasteiger partial charge < -0.3 is 14.7 Å². The third kappa shape index (κ3) is 3.03. The minimum Gasteiger partial charge on any atom is -0.358 e. The first-order valence-corrected chi connectivity index (χ1v) is 15.7. The Labute approximate surface area is 230 Å². The number of rotatable bonds is 3. The lowest BCUT2D eigenvalue weighted by Crippen LogP contribution is -2.77. The molecule has 0 radical (unpaired) electrons. The first-order chi connectivity index (χ1) is 19.3. The molecule has 3 aliphatic rings. The molecule has 0 aromatic heterocycles. The summed E-state index contributed by atoms with van der Waals surface area (Å²) < 4.78 is 0. The van der Waals surface area contributed by atoms with Crippen LogP contribution in [-0.2, 0) is 6.42 Å². The van der Waals surface area contributed by atoms with Crippen LogP contribution in [0.4, 0.5) is 22.7 Å². The highest BCUT2D eigenvalue weighted by atomic mass is 28.3. The molecular formula is C35H29N3Si. The summed E-state index contributed by atoms with van der Waals surface area (Å²) >= 11 is 0. The maximum atomic E-state index is 2.54. The predicted molar refractivity (Wildman–Crippen MR) is 165 cm³/mol. The van der Waals surface area contributed by atoms with Gasteiger partial charge in [-0.15, -0.1) is 0 Å². The van der Waals surface area contributed by atoms with Gasteiger partial charge in [-0.3, -0.25) is 0 Å². The van der Waals surface area contributed by atoms with E-state index in [1.165, 1.54) is 49.1 Å². The minimum atomic E-state index is -2.73. The zero-order chi connectivity index (χ0) is 26.0. The summed E-state index contributed by atoms with van der Waals surface area (Å²) in [5.74, 6) is 0. The molecule has 0 aliphatic carbocycles. The Hall–Kier alpha value is -4.54. The first kappa shape index (κ1) is 22.4. The number of benzene rings is 5. The highest BCUT2D eigenvalue weighted by Gasteiger charge is 2.52. The van der Waals surface area contributed by atoms with E-state index in [2.05, 4.69) is 162 Å². The van der Waals surface area contributed by atoms with Crippen LogP contribution in [0.2, 0.25) is 0 Å². The van der Waals surface area contributed by atoms with Gasteiger partial charge in [0.15, 0.2) is 8.07 Å². The second kappa shape index (κ2) is 8.48. The van der Waals surface area contributed by atoms with Crippen molar-refractivity contribution in [2.24, 2.45) is 0 Å². The van der Waals surface area contributed by atoms with E-state index in [9.17, 15) is 0 Å². The second-order valence-corrected chi connectivity index (χ2v) is 14.4. The van der Waals surface area contributed by atoms with E-state index in [1.54, 1.807) is 0 Å². The van der Waals surface area contributed by atoms with Gasteiger partial charge in [0.25, 0.3) is 0 Å². The summed E-state index contributed by atoms with van der Waals surface area (Å²) in [4.78, 5) is 7.39. The van der Waals surface area contributed by atoms with E-state index in [0.29, 0.717) is 6.17 Å². The molecule has 39 heavy (non-hydrogen) atoms. The van der Waals surface area contributed by atoms with Gasteiger partial charge in [-0.2, -0.15) is 0 Å². The molecule has 0 N–H and O–H groups in total. The molecule has 0 fully saturated rings. The fourth-order valence-electron chi connectivity index (χ4n) is 7.12. The largest absolute Gasteiger partial charge is 0.358 e. The van der Waals surface area contributed by atoms with Crippen molar-refractivity contribution in [3.05, 3.63) is 145 Å². The summed E-state index contributed by atoms with van der Waals surface area (Å²) in [6, 6.07) is 47.4. The maximum Gasteiger partial charge on any atom is 0.186 e. The molecule has 0 saturated carbocycles. The van der Waals surface area contributed by atoms with Crippen LogP contribution in [0.1, 0.15) is 5.56 Å². The van der Waals surface area contributed by atoms with Gasteiger partial charge in [0.2, 0.25) is 0 Å². The Morgan fingerprint density at radius 1 is 0.615 bits per heavy atom. The minimum absolute atomic E-state index is 0.326. The highest BCUT2D eigenvalue weighted by molar-refractivity contribution is 7.22.